The molecule has 3 aromatic carbocycles. The third-order valence-corrected chi connectivity index (χ3v) is 6.08. The van der Waals surface area contributed by atoms with Crippen molar-refractivity contribution in [1.82, 2.24) is 4.98 Å². The maximum absolute atomic E-state index is 12.8. The number of aromatic nitrogens is 2. The monoisotopic (exact) mass is 524 g/mol. The Kier molecular flexibility index (Phi) is 8.09. The predicted molar refractivity (Wildman–Crippen MR) is 151 cm³/mol. The van der Waals surface area contributed by atoms with Gasteiger partial charge in [0.25, 0.3) is 5.91 Å². The normalized spacial score (nSPS) is 10.4. The van der Waals surface area contributed by atoms with E-state index in [0.717, 1.165) is 45.0 Å². The lowest BCUT2D eigenvalue weighted by molar-refractivity contribution is -0.671. The summed E-state index contributed by atoms with van der Waals surface area (Å²) < 4.78 is 1.98. The largest absolute Gasteiger partial charge is 1.00 e. The Morgan fingerprint density at radius 2 is 1.37 bits per heavy atom. The molecule has 5 aromatic rings. The summed E-state index contributed by atoms with van der Waals surface area (Å²) in [5, 5.41) is 10.8. The number of halogens is 1. The summed E-state index contributed by atoms with van der Waals surface area (Å²) in [6.45, 7) is 0. The van der Waals surface area contributed by atoms with Crippen LogP contribution in [0.25, 0.3) is 10.9 Å². The van der Waals surface area contributed by atoms with Crippen molar-refractivity contribution in [2.75, 3.05) is 34.9 Å². The molecule has 3 N–H and O–H groups in total. The minimum Gasteiger partial charge on any atom is -1.00 e. The van der Waals surface area contributed by atoms with Gasteiger partial charge in [0, 0.05) is 71.8 Å². The molecule has 7 nitrogen and oxygen atoms in total. The van der Waals surface area contributed by atoms with E-state index in [2.05, 4.69) is 38.0 Å². The van der Waals surface area contributed by atoms with Crippen LogP contribution in [0.3, 0.4) is 0 Å². The number of hydrogen-bond donors (Lipinski definition) is 3. The molecular formula is C30H29ClN6O. The molecule has 0 spiro atoms. The van der Waals surface area contributed by atoms with Crippen LogP contribution in [0.15, 0.2) is 104 Å². The van der Waals surface area contributed by atoms with Crippen molar-refractivity contribution in [3.8, 4) is 0 Å². The number of pyridine rings is 2. The van der Waals surface area contributed by atoms with Gasteiger partial charge in [-0.05, 0) is 72.8 Å². The molecule has 192 valence electrons. The number of amides is 1. The summed E-state index contributed by atoms with van der Waals surface area (Å²) in [4.78, 5) is 19.3. The maximum atomic E-state index is 12.8. The molecule has 2 aromatic heterocycles. The fraction of sp³-hybridized carbons (Fsp3) is 0.100. The van der Waals surface area contributed by atoms with Crippen molar-refractivity contribution in [2.45, 2.75) is 0 Å². The first kappa shape index (κ1) is 26.4. The smallest absolute Gasteiger partial charge is 0.255 e. The van der Waals surface area contributed by atoms with E-state index in [9.17, 15) is 4.79 Å². The van der Waals surface area contributed by atoms with Gasteiger partial charge in [0.2, 0.25) is 0 Å². The number of rotatable bonds is 7. The van der Waals surface area contributed by atoms with Crippen LogP contribution in [0.4, 0.5) is 34.1 Å². The average molecular weight is 525 g/mol. The summed E-state index contributed by atoms with van der Waals surface area (Å²) in [7, 11) is 6.02. The highest BCUT2D eigenvalue weighted by atomic mass is 35.5. The number of hydrogen-bond acceptors (Lipinski definition) is 5. The van der Waals surface area contributed by atoms with E-state index >= 15 is 0 Å². The Bertz CT molecular complexity index is 1530. The molecule has 0 aliphatic carbocycles. The van der Waals surface area contributed by atoms with E-state index in [4.69, 9.17) is 0 Å². The van der Waals surface area contributed by atoms with Crippen LogP contribution < -0.4 is 37.8 Å². The van der Waals surface area contributed by atoms with Crippen molar-refractivity contribution in [3.63, 3.8) is 0 Å². The molecular weight excluding hydrogens is 496 g/mol. The number of aryl methyl sites for hydroxylation is 1. The van der Waals surface area contributed by atoms with Crippen molar-refractivity contribution in [1.29, 1.82) is 0 Å². The first-order chi connectivity index (χ1) is 17.9. The second-order valence-electron chi connectivity index (χ2n) is 9.07. The van der Waals surface area contributed by atoms with Gasteiger partial charge in [-0.1, -0.05) is 0 Å². The van der Waals surface area contributed by atoms with Crippen LogP contribution >= 0.6 is 0 Å². The highest BCUT2D eigenvalue weighted by Crippen LogP contribution is 2.28. The van der Waals surface area contributed by atoms with Crippen molar-refractivity contribution in [2.24, 2.45) is 7.05 Å². The van der Waals surface area contributed by atoms with Crippen LogP contribution in [0, 0.1) is 0 Å². The molecule has 0 bridgehead atoms. The molecule has 0 aliphatic rings. The SMILES string of the molecule is CN(C)c1ccc2nccc(Nc3ccc(C(=O)Nc4ccc(Nc5cc[n+](C)cc5)cc4)cc3)c2c1.[Cl-]. The van der Waals surface area contributed by atoms with Gasteiger partial charge >= 0.3 is 0 Å². The zero-order chi connectivity index (χ0) is 25.8. The molecule has 0 saturated carbocycles. The topological polar surface area (TPSA) is 73.2 Å². The second-order valence-corrected chi connectivity index (χ2v) is 9.07. The molecule has 0 saturated heterocycles. The summed E-state index contributed by atoms with van der Waals surface area (Å²) in [5.74, 6) is -0.159. The molecule has 5 rings (SSSR count). The molecule has 0 radical (unpaired) electrons. The minimum absolute atomic E-state index is 0. The molecule has 2 heterocycles. The van der Waals surface area contributed by atoms with Crippen LogP contribution in [0.1, 0.15) is 10.4 Å². The highest BCUT2D eigenvalue weighted by Gasteiger charge is 2.09. The lowest BCUT2D eigenvalue weighted by Gasteiger charge is -2.15. The van der Waals surface area contributed by atoms with Gasteiger partial charge in [-0.25, -0.2) is 4.57 Å². The van der Waals surface area contributed by atoms with Gasteiger partial charge in [-0.15, -0.1) is 0 Å². The standard InChI is InChI=1S/C30H28N6O.ClH/c1-35(2)26-12-13-28-27(20-26)29(14-17-31-28)33-23-6-4-21(5-7-23)30(37)34-24-10-8-22(9-11-24)32-25-15-18-36(3)19-16-25;/h4-20H,1-3H3,(H2,31,33,34,37);1H. The Morgan fingerprint density at radius 1 is 0.763 bits per heavy atom. The van der Waals surface area contributed by atoms with E-state index in [1.807, 2.05) is 111 Å². The third kappa shape index (κ3) is 6.19. The van der Waals surface area contributed by atoms with E-state index in [0.29, 0.717) is 5.56 Å². The Labute approximate surface area is 228 Å². The number of benzene rings is 3. The first-order valence-electron chi connectivity index (χ1n) is 12.0. The average Bonchev–Trinajstić information content (AvgIpc) is 2.91. The number of nitrogens with one attached hydrogen (secondary N) is 3. The molecule has 1 amide bonds. The van der Waals surface area contributed by atoms with Gasteiger partial charge in [0.05, 0.1) is 11.2 Å². The van der Waals surface area contributed by atoms with E-state index in [1.54, 1.807) is 6.20 Å². The molecule has 8 heteroatoms. The van der Waals surface area contributed by atoms with Crippen LogP contribution in [-0.2, 0) is 7.05 Å². The van der Waals surface area contributed by atoms with Crippen LogP contribution in [-0.4, -0.2) is 25.0 Å². The Hall–Kier alpha value is -4.62. The quantitative estimate of drug-likeness (QED) is 0.286. The lowest BCUT2D eigenvalue weighted by atomic mass is 10.1. The Balaban J connectivity index is 0.00000336. The van der Waals surface area contributed by atoms with Gasteiger partial charge in [-0.3, -0.25) is 9.78 Å². The van der Waals surface area contributed by atoms with Gasteiger partial charge in [0.15, 0.2) is 12.4 Å². The predicted octanol–water partition coefficient (Wildman–Crippen LogP) is 2.87. The van der Waals surface area contributed by atoms with Crippen molar-refractivity contribution < 1.29 is 21.8 Å². The zero-order valence-corrected chi connectivity index (χ0v) is 22.2. The zero-order valence-electron chi connectivity index (χ0n) is 21.4. The summed E-state index contributed by atoms with van der Waals surface area (Å²) in [6.07, 6.45) is 5.76. The van der Waals surface area contributed by atoms with E-state index in [-0.39, 0.29) is 18.3 Å². The molecule has 0 atom stereocenters. The number of carbonyl (C=O) groups excluding carboxylic acids is 1. The number of anilines is 6. The molecule has 0 aliphatic heterocycles. The van der Waals surface area contributed by atoms with Gasteiger partial charge < -0.3 is 33.3 Å². The summed E-state index contributed by atoms with van der Waals surface area (Å²) >= 11 is 0. The van der Waals surface area contributed by atoms with Crippen LogP contribution in [0.2, 0.25) is 0 Å². The fourth-order valence-electron chi connectivity index (χ4n) is 3.97. The minimum atomic E-state index is -0.159. The highest BCUT2D eigenvalue weighted by molar-refractivity contribution is 6.04. The van der Waals surface area contributed by atoms with Crippen LogP contribution in [0.5, 0.6) is 0 Å². The first-order valence-corrected chi connectivity index (χ1v) is 12.0. The summed E-state index contributed by atoms with van der Waals surface area (Å²) in [5.41, 5.74) is 7.15. The molecule has 0 fully saturated rings. The maximum Gasteiger partial charge on any atom is 0.255 e. The third-order valence-electron chi connectivity index (χ3n) is 6.08. The van der Waals surface area contributed by atoms with Gasteiger partial charge in [0.1, 0.15) is 7.05 Å². The summed E-state index contributed by atoms with van der Waals surface area (Å²) in [6, 6.07) is 27.3. The lowest BCUT2D eigenvalue weighted by Crippen LogP contribution is -3.00. The number of carbonyl (C=O) groups is 1. The molecule has 0 unspecified atom stereocenters. The second kappa shape index (κ2) is 11.6. The van der Waals surface area contributed by atoms with E-state index < -0.39 is 0 Å². The van der Waals surface area contributed by atoms with Crippen molar-refractivity contribution >= 4 is 50.9 Å². The van der Waals surface area contributed by atoms with Gasteiger partial charge in [-0.2, -0.15) is 0 Å². The molecule has 38 heavy (non-hydrogen) atoms. The van der Waals surface area contributed by atoms with E-state index in [1.165, 1.54) is 0 Å². The fourth-order valence-corrected chi connectivity index (χ4v) is 3.97. The van der Waals surface area contributed by atoms with Crippen molar-refractivity contribution in [3.05, 3.63) is 109 Å². The number of nitrogens with zero attached hydrogens (tertiary/aromatic N) is 3. The Morgan fingerprint density at radius 3 is 2.05 bits per heavy atom. The number of fused-ring (bicyclic) bond motifs is 1.